The van der Waals surface area contributed by atoms with Gasteiger partial charge in [0.25, 0.3) is 0 Å². The average Bonchev–Trinajstić information content (AvgIpc) is 2.90. The van der Waals surface area contributed by atoms with Gasteiger partial charge in [0.2, 0.25) is 11.8 Å². The Kier molecular flexibility index (Phi) is 11.7. The van der Waals surface area contributed by atoms with Crippen LogP contribution in [0.25, 0.3) is 0 Å². The molecule has 0 saturated heterocycles. The van der Waals surface area contributed by atoms with E-state index in [4.69, 9.17) is 0 Å². The van der Waals surface area contributed by atoms with Gasteiger partial charge in [-0.25, -0.2) is 0 Å². The summed E-state index contributed by atoms with van der Waals surface area (Å²) in [7, 11) is 0. The number of benzene rings is 2. The van der Waals surface area contributed by atoms with Gasteiger partial charge < -0.3 is 10.2 Å². The third-order valence-corrected chi connectivity index (χ3v) is 7.69. The lowest BCUT2D eigenvalue weighted by Gasteiger charge is -2.28. The molecule has 2 aromatic rings. The van der Waals surface area contributed by atoms with E-state index in [-0.39, 0.29) is 46.0 Å². The Labute approximate surface area is 274 Å². The first kappa shape index (κ1) is 38.1. The Bertz CT molecular complexity index is 1290. The van der Waals surface area contributed by atoms with E-state index in [2.05, 4.69) is 21.7 Å². The highest BCUT2D eigenvalue weighted by atomic mass is 16.3. The number of rotatable bonds is 6. The van der Waals surface area contributed by atoms with E-state index in [1.54, 1.807) is 0 Å². The van der Waals surface area contributed by atoms with E-state index in [0.717, 1.165) is 33.4 Å². The molecule has 0 aromatic heterocycles. The monoisotopic (exact) mass is 638 g/mol. The first-order valence-electron chi connectivity index (χ1n) is 15.7. The molecular formula is C36H54N4O6. The standard InChI is InChI=1S/C36H54N4O6/c1-33(2,3)23-17-21(18-24(29(23)43)34(4,5)6)13-15-27(41)37-39-31(45)32(46)40-38-28(42)16-14-22-19-25(35(7,8)9)30(44)26(20-22)36(10,11)12/h17-20,43-44H,13-16H2,1-12H3,(H,37,41)(H,38,42)(H,39,45)(H,40,46). The maximum absolute atomic E-state index is 12.5. The predicted octanol–water partition coefficient (Wildman–Crippen LogP) is 5.15. The summed E-state index contributed by atoms with van der Waals surface area (Å²) < 4.78 is 0. The molecule has 0 fully saturated rings. The van der Waals surface area contributed by atoms with E-state index >= 15 is 0 Å². The molecule has 0 saturated carbocycles. The number of hydrazine groups is 2. The van der Waals surface area contributed by atoms with Crippen molar-refractivity contribution in [2.45, 2.75) is 130 Å². The van der Waals surface area contributed by atoms with E-state index in [0.29, 0.717) is 12.8 Å². The van der Waals surface area contributed by atoms with Crippen molar-refractivity contribution >= 4 is 23.6 Å². The van der Waals surface area contributed by atoms with Crippen LogP contribution in [-0.4, -0.2) is 33.8 Å². The molecule has 10 heteroatoms. The van der Waals surface area contributed by atoms with Crippen LogP contribution < -0.4 is 21.7 Å². The molecular weight excluding hydrogens is 584 g/mol. The fraction of sp³-hybridized carbons (Fsp3) is 0.556. The lowest BCUT2D eigenvalue weighted by atomic mass is 9.78. The minimum absolute atomic E-state index is 0.0295. The number of aromatic hydroxyl groups is 2. The number of hydrogen-bond acceptors (Lipinski definition) is 6. The average molecular weight is 639 g/mol. The topological polar surface area (TPSA) is 157 Å². The van der Waals surface area contributed by atoms with Crippen LogP contribution >= 0.6 is 0 Å². The number of carbonyl (C=O) groups excluding carboxylic acids is 4. The molecule has 254 valence electrons. The van der Waals surface area contributed by atoms with E-state index in [1.807, 2.05) is 107 Å². The van der Waals surface area contributed by atoms with E-state index < -0.39 is 23.6 Å². The van der Waals surface area contributed by atoms with Gasteiger partial charge >= 0.3 is 11.8 Å². The largest absolute Gasteiger partial charge is 0.507 e. The molecule has 46 heavy (non-hydrogen) atoms. The lowest BCUT2D eigenvalue weighted by molar-refractivity contribution is -0.142. The van der Waals surface area contributed by atoms with Gasteiger partial charge in [-0.15, -0.1) is 0 Å². The highest BCUT2D eigenvalue weighted by molar-refractivity contribution is 6.35. The fourth-order valence-corrected chi connectivity index (χ4v) is 4.97. The smallest absolute Gasteiger partial charge is 0.329 e. The van der Waals surface area contributed by atoms with Gasteiger partial charge in [-0.2, -0.15) is 0 Å². The van der Waals surface area contributed by atoms with Crippen LogP contribution in [0, 0.1) is 0 Å². The third kappa shape index (κ3) is 10.5. The summed E-state index contributed by atoms with van der Waals surface area (Å²) in [5, 5.41) is 21.8. The van der Waals surface area contributed by atoms with E-state index in [1.165, 1.54) is 0 Å². The van der Waals surface area contributed by atoms with Crippen LogP contribution in [-0.2, 0) is 53.7 Å². The maximum atomic E-state index is 12.5. The molecule has 0 aliphatic heterocycles. The third-order valence-electron chi connectivity index (χ3n) is 7.69. The molecule has 10 nitrogen and oxygen atoms in total. The summed E-state index contributed by atoms with van der Waals surface area (Å²) >= 11 is 0. The summed E-state index contributed by atoms with van der Waals surface area (Å²) in [4.78, 5) is 49.4. The van der Waals surface area contributed by atoms with Gasteiger partial charge in [-0.3, -0.25) is 40.9 Å². The van der Waals surface area contributed by atoms with Crippen LogP contribution in [0.2, 0.25) is 0 Å². The molecule has 6 N–H and O–H groups in total. The molecule has 0 atom stereocenters. The summed E-state index contributed by atoms with van der Waals surface area (Å²) in [5.41, 5.74) is 12.2. The van der Waals surface area contributed by atoms with Gasteiger partial charge in [0.1, 0.15) is 11.5 Å². The molecule has 2 rings (SSSR count). The Morgan fingerprint density at radius 1 is 0.478 bits per heavy atom. The van der Waals surface area contributed by atoms with Crippen molar-refractivity contribution in [2.24, 2.45) is 0 Å². The SMILES string of the molecule is CC(C)(C)c1cc(CCC(=O)NNC(=O)C(=O)NNC(=O)CCc2cc(C(C)(C)C)c(O)c(C(C)(C)C)c2)cc(C(C)(C)C)c1O. The molecule has 0 bridgehead atoms. The van der Waals surface area contributed by atoms with Crippen LogP contribution in [0.15, 0.2) is 24.3 Å². The molecule has 4 amide bonds. The number of carbonyl (C=O) groups is 4. The first-order valence-corrected chi connectivity index (χ1v) is 15.7. The maximum Gasteiger partial charge on any atom is 0.329 e. The predicted molar refractivity (Wildman–Crippen MR) is 180 cm³/mol. The van der Waals surface area contributed by atoms with Crippen molar-refractivity contribution in [3.63, 3.8) is 0 Å². The van der Waals surface area contributed by atoms with Gasteiger partial charge in [-0.1, -0.05) is 107 Å². The minimum Gasteiger partial charge on any atom is -0.507 e. The number of aryl methyl sites for hydroxylation is 2. The summed E-state index contributed by atoms with van der Waals surface area (Å²) in [5.74, 6) is -2.80. The van der Waals surface area contributed by atoms with Gasteiger partial charge in [-0.05, 0) is 67.9 Å². The van der Waals surface area contributed by atoms with Gasteiger partial charge in [0.15, 0.2) is 0 Å². The van der Waals surface area contributed by atoms with Crippen LogP contribution in [0.4, 0.5) is 0 Å². The zero-order chi connectivity index (χ0) is 35.4. The van der Waals surface area contributed by atoms with Crippen molar-refractivity contribution in [3.05, 3.63) is 57.6 Å². The molecule has 0 radical (unpaired) electrons. The Morgan fingerprint density at radius 2 is 0.717 bits per heavy atom. The molecule has 0 aliphatic rings. The normalized spacial score (nSPS) is 12.3. The number of phenols is 2. The number of phenolic OH excluding ortho intramolecular Hbond substituents is 2. The van der Waals surface area contributed by atoms with E-state index in [9.17, 15) is 29.4 Å². The van der Waals surface area contributed by atoms with Crippen molar-refractivity contribution in [2.75, 3.05) is 0 Å². The highest BCUT2D eigenvalue weighted by Crippen LogP contribution is 2.41. The lowest BCUT2D eigenvalue weighted by Crippen LogP contribution is -2.52. The Morgan fingerprint density at radius 3 is 0.935 bits per heavy atom. The summed E-state index contributed by atoms with van der Waals surface area (Å²) in [6, 6.07) is 7.56. The second-order valence-electron chi connectivity index (χ2n) is 16.1. The molecule has 0 unspecified atom stereocenters. The number of nitrogens with one attached hydrogen (secondary N) is 4. The van der Waals surface area contributed by atoms with Crippen molar-refractivity contribution in [1.82, 2.24) is 21.7 Å². The van der Waals surface area contributed by atoms with Gasteiger partial charge in [0, 0.05) is 12.8 Å². The summed E-state index contributed by atoms with van der Waals surface area (Å²) in [6.07, 6.45) is 0.765. The zero-order valence-corrected chi connectivity index (χ0v) is 29.7. The van der Waals surface area contributed by atoms with Crippen molar-refractivity contribution in [1.29, 1.82) is 0 Å². The van der Waals surface area contributed by atoms with Crippen molar-refractivity contribution < 1.29 is 29.4 Å². The summed E-state index contributed by atoms with van der Waals surface area (Å²) in [6.45, 7) is 24.1. The van der Waals surface area contributed by atoms with Crippen LogP contribution in [0.3, 0.4) is 0 Å². The van der Waals surface area contributed by atoms with Crippen molar-refractivity contribution in [3.8, 4) is 11.5 Å². The molecule has 2 aromatic carbocycles. The zero-order valence-electron chi connectivity index (χ0n) is 29.7. The number of hydrogen-bond donors (Lipinski definition) is 6. The minimum atomic E-state index is -1.15. The van der Waals surface area contributed by atoms with Gasteiger partial charge in [0.05, 0.1) is 0 Å². The second-order valence-corrected chi connectivity index (χ2v) is 16.1. The van der Waals surface area contributed by atoms with Crippen LogP contribution in [0.1, 0.15) is 129 Å². The van der Waals surface area contributed by atoms with Crippen LogP contribution in [0.5, 0.6) is 11.5 Å². The first-order chi connectivity index (χ1) is 20.8. The quantitative estimate of drug-likeness (QED) is 0.190. The second kappa shape index (κ2) is 14.1. The molecule has 0 aliphatic carbocycles. The highest BCUT2D eigenvalue weighted by Gasteiger charge is 2.28. The Balaban J connectivity index is 1.91. The fourth-order valence-electron chi connectivity index (χ4n) is 4.97. The molecule has 0 spiro atoms. The number of amides is 4. The molecule has 0 heterocycles. The Hall–Kier alpha value is -4.08.